The Kier molecular flexibility index (Phi) is 4.57. The van der Waals surface area contributed by atoms with E-state index >= 15 is 0 Å². The number of nitrogens with two attached hydrogens (primary N) is 1. The zero-order chi connectivity index (χ0) is 18.3. The highest BCUT2D eigenvalue weighted by atomic mass is 35.5. The van der Waals surface area contributed by atoms with Crippen molar-refractivity contribution >= 4 is 39.6 Å². The monoisotopic (exact) mass is 406 g/mol. The van der Waals surface area contributed by atoms with Crippen molar-refractivity contribution < 1.29 is 8.95 Å². The Hall–Kier alpha value is -1.79. The van der Waals surface area contributed by atoms with Gasteiger partial charge in [-0.1, -0.05) is 11.6 Å². The number of thiophene rings is 1. The first-order valence-corrected chi connectivity index (χ1v) is 10.5. The number of aromatic nitrogens is 1. The van der Waals surface area contributed by atoms with Crippen molar-refractivity contribution in [2.75, 3.05) is 19.0 Å². The second kappa shape index (κ2) is 6.74. The highest BCUT2D eigenvalue weighted by Crippen LogP contribution is 2.42. The van der Waals surface area contributed by atoms with Crippen LogP contribution in [0.2, 0.25) is 5.02 Å². The zero-order valence-electron chi connectivity index (χ0n) is 13.6. The molecule has 26 heavy (non-hydrogen) atoms. The quantitative estimate of drug-likeness (QED) is 0.826. The maximum Gasteiger partial charge on any atom is 0.128 e. The Morgan fingerprint density at radius 3 is 3.00 bits per heavy atom. The Labute approximate surface area is 162 Å². The Morgan fingerprint density at radius 1 is 1.46 bits per heavy atom. The summed E-state index contributed by atoms with van der Waals surface area (Å²) in [6, 6.07) is 5.34. The highest BCUT2D eigenvalue weighted by Gasteiger charge is 2.48. The van der Waals surface area contributed by atoms with Crippen molar-refractivity contribution in [1.82, 2.24) is 4.98 Å². The van der Waals surface area contributed by atoms with E-state index in [0.29, 0.717) is 41.8 Å². The first-order valence-electron chi connectivity index (χ1n) is 7.98. The molecule has 2 aliphatic rings. The van der Waals surface area contributed by atoms with Crippen LogP contribution < -0.4 is 5.73 Å². The van der Waals surface area contributed by atoms with Crippen LogP contribution in [0, 0.1) is 11.3 Å². The van der Waals surface area contributed by atoms with Crippen LogP contribution in [0.5, 0.6) is 0 Å². The maximum atomic E-state index is 12.9. The van der Waals surface area contributed by atoms with E-state index in [1.54, 1.807) is 12.3 Å². The predicted molar refractivity (Wildman–Crippen MR) is 103 cm³/mol. The summed E-state index contributed by atoms with van der Waals surface area (Å²) in [4.78, 5) is 10.4. The van der Waals surface area contributed by atoms with Gasteiger partial charge < -0.3 is 10.5 Å². The molecule has 3 unspecified atom stereocenters. The minimum atomic E-state index is -1.17. The van der Waals surface area contributed by atoms with E-state index < -0.39 is 15.5 Å². The average Bonchev–Trinajstić information content (AvgIpc) is 3.28. The van der Waals surface area contributed by atoms with Crippen molar-refractivity contribution in [3.63, 3.8) is 0 Å². The zero-order valence-corrected chi connectivity index (χ0v) is 16.0. The smallest absolute Gasteiger partial charge is 0.128 e. The van der Waals surface area contributed by atoms with Crippen molar-refractivity contribution in [3.8, 4) is 16.5 Å². The molecule has 0 bridgehead atoms. The number of hydrogen-bond acceptors (Lipinski definition) is 7. The summed E-state index contributed by atoms with van der Waals surface area (Å²) < 4.78 is 17.6. The van der Waals surface area contributed by atoms with Crippen LogP contribution in [0.1, 0.15) is 22.9 Å². The van der Waals surface area contributed by atoms with E-state index in [1.807, 2.05) is 6.07 Å². The van der Waals surface area contributed by atoms with Crippen molar-refractivity contribution in [1.29, 1.82) is 5.26 Å². The molecule has 2 aliphatic heterocycles. The van der Waals surface area contributed by atoms with Gasteiger partial charge in [-0.2, -0.15) is 5.26 Å². The molecule has 0 aliphatic carbocycles. The third kappa shape index (κ3) is 2.85. The van der Waals surface area contributed by atoms with Crippen molar-refractivity contribution in [2.45, 2.75) is 17.2 Å². The van der Waals surface area contributed by atoms with Gasteiger partial charge in [0.1, 0.15) is 16.7 Å². The fourth-order valence-electron chi connectivity index (χ4n) is 3.19. The van der Waals surface area contributed by atoms with Crippen LogP contribution in [-0.2, 0) is 15.5 Å². The number of halogens is 1. The lowest BCUT2D eigenvalue weighted by atomic mass is 10.1. The Bertz CT molecular complexity index is 960. The molecule has 3 atom stereocenters. The molecule has 0 radical (unpaired) electrons. The van der Waals surface area contributed by atoms with Gasteiger partial charge in [0, 0.05) is 45.1 Å². The molecule has 6 nitrogen and oxygen atoms in total. The number of nitriles is 1. The summed E-state index contributed by atoms with van der Waals surface area (Å²) in [7, 11) is -1.17. The molecule has 0 aromatic carbocycles. The van der Waals surface area contributed by atoms with Gasteiger partial charge in [-0.3, -0.25) is 14.2 Å². The summed E-state index contributed by atoms with van der Waals surface area (Å²) in [6.45, 7) is 0.913. The van der Waals surface area contributed by atoms with E-state index in [-0.39, 0.29) is 6.04 Å². The van der Waals surface area contributed by atoms with E-state index in [4.69, 9.17) is 27.3 Å². The normalized spacial score (nSPS) is 28.1. The van der Waals surface area contributed by atoms with E-state index in [9.17, 15) is 4.21 Å². The third-order valence-electron chi connectivity index (χ3n) is 4.66. The summed E-state index contributed by atoms with van der Waals surface area (Å²) >= 11 is 7.90. The molecule has 4 heterocycles. The largest absolute Gasteiger partial charge is 0.386 e. The topological polar surface area (TPSA) is 101 Å². The van der Waals surface area contributed by atoms with Crippen molar-refractivity contribution in [3.05, 3.63) is 40.0 Å². The van der Waals surface area contributed by atoms with Gasteiger partial charge in [0.15, 0.2) is 0 Å². The lowest BCUT2D eigenvalue weighted by Gasteiger charge is -2.32. The molecule has 1 spiro atoms. The minimum absolute atomic E-state index is 0.333. The Balaban J connectivity index is 1.69. The predicted octanol–water partition coefficient (Wildman–Crippen LogP) is 2.65. The van der Waals surface area contributed by atoms with Crippen LogP contribution in [0.25, 0.3) is 10.4 Å². The molecule has 2 N–H and O–H groups in total. The fourth-order valence-corrected chi connectivity index (χ4v) is 6.44. The number of amidine groups is 1. The standard InChI is InChI=1S/C17H15ClN4O2S2/c18-12-4-14(11-3-10(5-19)6-21-7-11)25-15(12)13-8-26(23)17(16(20)22-13)1-2-24-9-17/h3-4,6-7,13H,1-2,8-9H2,(H2,20,22). The SMILES string of the molecule is N#Cc1cncc(-c2cc(Cl)c(C3CS(=O)C4(CCOC4)C(N)=N3)s2)c1. The molecule has 1 saturated heterocycles. The number of aliphatic imine (C=N–C) groups is 1. The third-order valence-corrected chi connectivity index (χ3v) is 8.39. The molecular formula is C17H15ClN4O2S2. The number of ether oxygens (including phenoxy) is 1. The average molecular weight is 407 g/mol. The summed E-state index contributed by atoms with van der Waals surface area (Å²) in [5, 5.41) is 9.60. The lowest BCUT2D eigenvalue weighted by molar-refractivity contribution is 0.195. The van der Waals surface area contributed by atoms with E-state index in [2.05, 4.69) is 16.0 Å². The highest BCUT2D eigenvalue weighted by molar-refractivity contribution is 7.87. The molecule has 2 aromatic heterocycles. The molecule has 2 aromatic rings. The van der Waals surface area contributed by atoms with Crippen LogP contribution in [0.15, 0.2) is 29.5 Å². The van der Waals surface area contributed by atoms with Crippen LogP contribution in [0.3, 0.4) is 0 Å². The number of rotatable bonds is 2. The molecule has 0 saturated carbocycles. The first-order chi connectivity index (χ1) is 12.5. The van der Waals surface area contributed by atoms with Gasteiger partial charge in [-0.05, 0) is 18.6 Å². The molecule has 0 amide bonds. The van der Waals surface area contributed by atoms with Crippen LogP contribution >= 0.6 is 22.9 Å². The van der Waals surface area contributed by atoms with Gasteiger partial charge in [-0.15, -0.1) is 11.3 Å². The van der Waals surface area contributed by atoms with Crippen LogP contribution in [0.4, 0.5) is 0 Å². The van der Waals surface area contributed by atoms with Crippen LogP contribution in [-0.4, -0.2) is 38.7 Å². The Morgan fingerprint density at radius 2 is 2.31 bits per heavy atom. The molecule has 134 valence electrons. The molecule has 4 rings (SSSR count). The summed E-state index contributed by atoms with van der Waals surface area (Å²) in [6.07, 6.45) is 3.84. The fraction of sp³-hybridized carbons (Fsp3) is 0.353. The number of nitrogens with zero attached hydrogens (tertiary/aromatic N) is 3. The van der Waals surface area contributed by atoms with Crippen molar-refractivity contribution in [2.24, 2.45) is 10.7 Å². The van der Waals surface area contributed by atoms with E-state index in [1.165, 1.54) is 17.5 Å². The summed E-state index contributed by atoms with van der Waals surface area (Å²) in [5.41, 5.74) is 7.49. The van der Waals surface area contributed by atoms with E-state index in [0.717, 1.165) is 15.3 Å². The van der Waals surface area contributed by atoms with Gasteiger partial charge in [0.25, 0.3) is 0 Å². The first kappa shape index (κ1) is 17.6. The number of hydrogen-bond donors (Lipinski definition) is 1. The molecule has 1 fully saturated rings. The minimum Gasteiger partial charge on any atom is -0.386 e. The lowest BCUT2D eigenvalue weighted by Crippen LogP contribution is -2.52. The van der Waals surface area contributed by atoms with Gasteiger partial charge in [-0.25, -0.2) is 0 Å². The second-order valence-electron chi connectivity index (χ2n) is 6.24. The maximum absolute atomic E-state index is 12.9. The van der Waals surface area contributed by atoms with Gasteiger partial charge >= 0.3 is 0 Å². The number of pyridine rings is 1. The molecule has 9 heteroatoms. The summed E-state index contributed by atoms with van der Waals surface area (Å²) in [5.74, 6) is 0.768. The van der Waals surface area contributed by atoms with Gasteiger partial charge in [0.2, 0.25) is 0 Å². The molecular weight excluding hydrogens is 392 g/mol. The van der Waals surface area contributed by atoms with Gasteiger partial charge in [0.05, 0.1) is 29.0 Å². The second-order valence-corrected chi connectivity index (χ2v) is 9.53.